The van der Waals surface area contributed by atoms with Crippen LogP contribution in [0.1, 0.15) is 24.1 Å². The van der Waals surface area contributed by atoms with E-state index < -0.39 is 0 Å². The first-order chi connectivity index (χ1) is 7.25. The zero-order valence-corrected chi connectivity index (χ0v) is 10.2. The number of rotatable bonds is 3. The minimum Gasteiger partial charge on any atom is -0.377 e. The topological polar surface area (TPSA) is 35.2 Å². The largest absolute Gasteiger partial charge is 0.377 e. The van der Waals surface area contributed by atoms with Crippen LogP contribution in [0.2, 0.25) is 4.34 Å². The standard InChI is InChI=1S/C11H16ClNOS/c12-11-5-4-8(15-11)7-9(13)10-3-1-2-6-14-10/h4-5,9-10H,1-3,6-7,13H2. The second kappa shape index (κ2) is 5.30. The third kappa shape index (κ3) is 3.18. The first-order valence-electron chi connectivity index (χ1n) is 5.37. The average molecular weight is 246 g/mol. The number of hydrogen-bond donors (Lipinski definition) is 1. The van der Waals surface area contributed by atoms with Crippen LogP contribution in [-0.4, -0.2) is 18.8 Å². The highest BCUT2D eigenvalue weighted by molar-refractivity contribution is 7.16. The Morgan fingerprint density at radius 2 is 2.40 bits per heavy atom. The van der Waals surface area contributed by atoms with Crippen molar-refractivity contribution in [2.45, 2.75) is 37.8 Å². The molecule has 1 aromatic heterocycles. The summed E-state index contributed by atoms with van der Waals surface area (Å²) in [4.78, 5) is 1.25. The van der Waals surface area contributed by atoms with Gasteiger partial charge in [-0.1, -0.05) is 11.6 Å². The predicted octanol–water partition coefficient (Wildman–Crippen LogP) is 2.84. The van der Waals surface area contributed by atoms with E-state index in [4.69, 9.17) is 22.1 Å². The third-order valence-corrected chi connectivity index (χ3v) is 4.01. The van der Waals surface area contributed by atoms with Gasteiger partial charge in [-0.15, -0.1) is 11.3 Å². The van der Waals surface area contributed by atoms with Crippen molar-refractivity contribution in [1.29, 1.82) is 0 Å². The van der Waals surface area contributed by atoms with Gasteiger partial charge in [0.15, 0.2) is 0 Å². The minimum absolute atomic E-state index is 0.111. The molecule has 4 heteroatoms. The minimum atomic E-state index is 0.111. The van der Waals surface area contributed by atoms with E-state index in [9.17, 15) is 0 Å². The first kappa shape index (κ1) is 11.4. The van der Waals surface area contributed by atoms with Gasteiger partial charge in [0, 0.05) is 17.5 Å². The zero-order valence-electron chi connectivity index (χ0n) is 8.62. The molecule has 1 aliphatic heterocycles. The summed E-state index contributed by atoms with van der Waals surface area (Å²) in [7, 11) is 0. The van der Waals surface area contributed by atoms with Crippen LogP contribution in [-0.2, 0) is 11.2 Å². The Hall–Kier alpha value is -0.0900. The Balaban J connectivity index is 1.88. The highest BCUT2D eigenvalue weighted by Crippen LogP contribution is 2.24. The third-order valence-electron chi connectivity index (χ3n) is 2.76. The van der Waals surface area contributed by atoms with Gasteiger partial charge in [-0.3, -0.25) is 0 Å². The van der Waals surface area contributed by atoms with Crippen molar-refractivity contribution in [3.05, 3.63) is 21.3 Å². The summed E-state index contributed by atoms with van der Waals surface area (Å²) in [6.45, 7) is 0.865. The van der Waals surface area contributed by atoms with Crippen molar-refractivity contribution in [2.24, 2.45) is 5.73 Å². The molecule has 0 aromatic carbocycles. The first-order valence-corrected chi connectivity index (χ1v) is 6.56. The molecule has 2 nitrogen and oxygen atoms in total. The fourth-order valence-electron chi connectivity index (χ4n) is 1.93. The van der Waals surface area contributed by atoms with Crippen molar-refractivity contribution in [1.82, 2.24) is 0 Å². The monoisotopic (exact) mass is 245 g/mol. The van der Waals surface area contributed by atoms with Crippen LogP contribution < -0.4 is 5.73 Å². The second-order valence-corrected chi connectivity index (χ2v) is 5.78. The SMILES string of the molecule is NC(Cc1ccc(Cl)s1)C1CCCCO1. The smallest absolute Gasteiger partial charge is 0.0931 e. The Morgan fingerprint density at radius 1 is 1.53 bits per heavy atom. The van der Waals surface area contributed by atoms with Gasteiger partial charge in [0.1, 0.15) is 0 Å². The van der Waals surface area contributed by atoms with Crippen molar-refractivity contribution >= 4 is 22.9 Å². The molecule has 0 radical (unpaired) electrons. The van der Waals surface area contributed by atoms with Crippen LogP contribution in [0, 0.1) is 0 Å². The van der Waals surface area contributed by atoms with Crippen LogP contribution in [0.3, 0.4) is 0 Å². The number of hydrogen-bond acceptors (Lipinski definition) is 3. The Labute approximate surface area is 99.4 Å². The fourth-order valence-corrected chi connectivity index (χ4v) is 3.09. The lowest BCUT2D eigenvalue weighted by Gasteiger charge is -2.27. The van der Waals surface area contributed by atoms with Crippen molar-refractivity contribution in [2.75, 3.05) is 6.61 Å². The van der Waals surface area contributed by atoms with Gasteiger partial charge >= 0.3 is 0 Å². The molecule has 0 aliphatic carbocycles. The maximum atomic E-state index is 6.13. The number of ether oxygens (including phenoxy) is 1. The van der Waals surface area contributed by atoms with Crippen molar-refractivity contribution in [3.8, 4) is 0 Å². The zero-order chi connectivity index (χ0) is 10.7. The van der Waals surface area contributed by atoms with E-state index in [-0.39, 0.29) is 12.1 Å². The molecule has 84 valence electrons. The molecule has 2 atom stereocenters. The molecule has 0 amide bonds. The van der Waals surface area contributed by atoms with Crippen LogP contribution in [0.4, 0.5) is 0 Å². The van der Waals surface area contributed by atoms with E-state index in [1.165, 1.54) is 17.7 Å². The normalized spacial score (nSPS) is 24.0. The number of halogens is 1. The molecule has 15 heavy (non-hydrogen) atoms. The van der Waals surface area contributed by atoms with Crippen LogP contribution in [0.5, 0.6) is 0 Å². The summed E-state index contributed by atoms with van der Waals surface area (Å²) >= 11 is 7.49. The molecule has 0 spiro atoms. The van der Waals surface area contributed by atoms with Gasteiger partial charge in [0.05, 0.1) is 10.4 Å². The highest BCUT2D eigenvalue weighted by Gasteiger charge is 2.21. The van der Waals surface area contributed by atoms with E-state index in [1.54, 1.807) is 11.3 Å². The van der Waals surface area contributed by atoms with Crippen LogP contribution in [0.15, 0.2) is 12.1 Å². The lowest BCUT2D eigenvalue weighted by Crippen LogP contribution is -2.40. The van der Waals surface area contributed by atoms with Crippen molar-refractivity contribution < 1.29 is 4.74 Å². The second-order valence-electron chi connectivity index (χ2n) is 3.98. The maximum absolute atomic E-state index is 6.13. The average Bonchev–Trinajstić information content (AvgIpc) is 2.65. The summed E-state index contributed by atoms with van der Waals surface area (Å²) in [5.74, 6) is 0. The van der Waals surface area contributed by atoms with Gasteiger partial charge in [0.25, 0.3) is 0 Å². The predicted molar refractivity (Wildman–Crippen MR) is 64.6 cm³/mol. The molecule has 2 heterocycles. The van der Waals surface area contributed by atoms with Crippen LogP contribution in [0.25, 0.3) is 0 Å². The molecule has 2 unspecified atom stereocenters. The number of nitrogens with two attached hydrogens (primary N) is 1. The number of thiophene rings is 1. The van der Waals surface area contributed by atoms with Gasteiger partial charge in [0.2, 0.25) is 0 Å². The van der Waals surface area contributed by atoms with E-state index >= 15 is 0 Å². The van der Waals surface area contributed by atoms with E-state index in [2.05, 4.69) is 6.07 Å². The van der Waals surface area contributed by atoms with Crippen molar-refractivity contribution in [3.63, 3.8) is 0 Å². The summed E-state index contributed by atoms with van der Waals surface area (Å²) < 4.78 is 6.50. The molecular weight excluding hydrogens is 230 g/mol. The Kier molecular flexibility index (Phi) is 4.03. The fraction of sp³-hybridized carbons (Fsp3) is 0.636. The van der Waals surface area contributed by atoms with E-state index in [1.807, 2.05) is 6.07 Å². The van der Waals surface area contributed by atoms with E-state index in [0.29, 0.717) is 0 Å². The van der Waals surface area contributed by atoms with Crippen LogP contribution >= 0.6 is 22.9 Å². The highest BCUT2D eigenvalue weighted by atomic mass is 35.5. The quantitative estimate of drug-likeness (QED) is 0.889. The lowest BCUT2D eigenvalue weighted by molar-refractivity contribution is 0.000775. The van der Waals surface area contributed by atoms with Gasteiger partial charge < -0.3 is 10.5 Å². The summed E-state index contributed by atoms with van der Waals surface area (Å²) in [5, 5.41) is 0. The molecule has 1 saturated heterocycles. The summed E-state index contributed by atoms with van der Waals surface area (Å²) in [6.07, 6.45) is 4.62. The summed E-state index contributed by atoms with van der Waals surface area (Å²) in [5.41, 5.74) is 6.13. The molecule has 2 N–H and O–H groups in total. The Morgan fingerprint density at radius 3 is 3.00 bits per heavy atom. The molecule has 0 bridgehead atoms. The molecule has 1 aromatic rings. The summed E-state index contributed by atoms with van der Waals surface area (Å²) in [6, 6.07) is 4.09. The molecular formula is C11H16ClNOS. The maximum Gasteiger partial charge on any atom is 0.0931 e. The van der Waals surface area contributed by atoms with E-state index in [0.717, 1.165) is 23.8 Å². The lowest BCUT2D eigenvalue weighted by atomic mass is 10.00. The molecule has 0 saturated carbocycles. The molecule has 1 aliphatic rings. The van der Waals surface area contributed by atoms with Gasteiger partial charge in [-0.2, -0.15) is 0 Å². The van der Waals surface area contributed by atoms with Gasteiger partial charge in [-0.05, 0) is 37.8 Å². The molecule has 1 fully saturated rings. The Bertz CT molecular complexity index is 309. The van der Waals surface area contributed by atoms with Gasteiger partial charge in [-0.25, -0.2) is 0 Å². The molecule has 2 rings (SSSR count).